The Morgan fingerprint density at radius 3 is 2.59 bits per heavy atom. The van der Waals surface area contributed by atoms with Crippen LogP contribution in [-0.4, -0.2) is 6.54 Å². The molecular weight excluding hydrogens is 370 g/mol. The van der Waals surface area contributed by atoms with Gasteiger partial charge in [0.1, 0.15) is 0 Å². The topological polar surface area (TPSA) is 3.24 Å². The summed E-state index contributed by atoms with van der Waals surface area (Å²) < 4.78 is 2.47. The number of halogens is 1. The lowest BCUT2D eigenvalue weighted by molar-refractivity contribution is 0.795. The van der Waals surface area contributed by atoms with E-state index in [1.165, 1.54) is 52.1 Å². The van der Waals surface area contributed by atoms with Crippen molar-refractivity contribution < 1.29 is 0 Å². The molecule has 1 aliphatic carbocycles. The number of aryl methyl sites for hydroxylation is 1. The predicted molar refractivity (Wildman–Crippen MR) is 117 cm³/mol. The first kappa shape index (κ1) is 17.2. The van der Waals surface area contributed by atoms with Crippen molar-refractivity contribution in [3.63, 3.8) is 0 Å². The molecule has 3 aromatic carbocycles. The highest BCUT2D eigenvalue weighted by Gasteiger charge is 2.24. The SMILES string of the molecule is Clc1cccc(-c2ccc3c(c2)N(Sc2cccc(C4CC4)c2)CCC3)c1. The number of hydrogen-bond acceptors (Lipinski definition) is 2. The van der Waals surface area contributed by atoms with Crippen molar-refractivity contribution in [1.29, 1.82) is 0 Å². The minimum atomic E-state index is 0.786. The maximum Gasteiger partial charge on any atom is 0.0511 e. The van der Waals surface area contributed by atoms with Gasteiger partial charge in [-0.2, -0.15) is 0 Å². The van der Waals surface area contributed by atoms with Gasteiger partial charge in [0, 0.05) is 16.5 Å². The van der Waals surface area contributed by atoms with E-state index < -0.39 is 0 Å². The van der Waals surface area contributed by atoms with Gasteiger partial charge in [0.05, 0.1) is 5.69 Å². The van der Waals surface area contributed by atoms with E-state index in [0.717, 1.165) is 23.9 Å². The van der Waals surface area contributed by atoms with Crippen molar-refractivity contribution in [2.24, 2.45) is 0 Å². The average Bonchev–Trinajstić information content (AvgIpc) is 3.54. The molecule has 1 heterocycles. The fourth-order valence-corrected chi connectivity index (χ4v) is 5.11. The van der Waals surface area contributed by atoms with Gasteiger partial charge < -0.3 is 4.31 Å². The van der Waals surface area contributed by atoms with E-state index in [1.807, 2.05) is 30.1 Å². The number of rotatable bonds is 4. The molecule has 136 valence electrons. The first-order chi connectivity index (χ1) is 13.3. The standard InChI is InChI=1S/C24H22ClNS/c25-22-7-1-4-19(14-22)21-12-11-18-6-3-13-26(24(18)16-21)27-23-8-2-5-20(15-23)17-9-10-17/h1-2,4-5,7-8,11-12,14-17H,3,6,9-10,13H2. The number of anilines is 1. The molecule has 1 nitrogen and oxygen atoms in total. The van der Waals surface area contributed by atoms with Crippen LogP contribution in [0, 0.1) is 0 Å². The monoisotopic (exact) mass is 391 g/mol. The van der Waals surface area contributed by atoms with E-state index >= 15 is 0 Å². The Morgan fingerprint density at radius 1 is 0.889 bits per heavy atom. The molecule has 5 rings (SSSR count). The number of benzene rings is 3. The molecule has 1 saturated carbocycles. The maximum absolute atomic E-state index is 6.20. The third-order valence-corrected chi connectivity index (χ3v) is 6.74. The summed E-state index contributed by atoms with van der Waals surface area (Å²) in [5.74, 6) is 0.800. The van der Waals surface area contributed by atoms with Crippen LogP contribution < -0.4 is 4.31 Å². The molecule has 27 heavy (non-hydrogen) atoms. The minimum absolute atomic E-state index is 0.786. The zero-order valence-electron chi connectivity index (χ0n) is 15.2. The van der Waals surface area contributed by atoms with Crippen molar-refractivity contribution >= 4 is 29.2 Å². The van der Waals surface area contributed by atoms with E-state index in [9.17, 15) is 0 Å². The van der Waals surface area contributed by atoms with Gasteiger partial charge in [0.15, 0.2) is 0 Å². The molecule has 3 heteroatoms. The Labute approximate surface area is 170 Å². The number of hydrogen-bond donors (Lipinski definition) is 0. The van der Waals surface area contributed by atoms with Crippen LogP contribution in [0.4, 0.5) is 5.69 Å². The van der Waals surface area contributed by atoms with Crippen LogP contribution in [-0.2, 0) is 6.42 Å². The summed E-state index contributed by atoms with van der Waals surface area (Å²) in [5.41, 5.74) is 6.70. The van der Waals surface area contributed by atoms with Gasteiger partial charge in [-0.05, 0) is 96.1 Å². The van der Waals surface area contributed by atoms with E-state index in [0.29, 0.717) is 0 Å². The first-order valence-electron chi connectivity index (χ1n) is 9.71. The predicted octanol–water partition coefficient (Wildman–Crippen LogP) is 7.34. The van der Waals surface area contributed by atoms with Crippen LogP contribution in [0.2, 0.25) is 5.02 Å². The molecule has 3 aromatic rings. The van der Waals surface area contributed by atoms with E-state index in [4.69, 9.17) is 11.6 Å². The molecule has 0 radical (unpaired) electrons. The number of fused-ring (bicyclic) bond motifs is 1. The zero-order valence-corrected chi connectivity index (χ0v) is 16.8. The van der Waals surface area contributed by atoms with Gasteiger partial charge in [-0.1, -0.05) is 48.0 Å². The quantitative estimate of drug-likeness (QED) is 0.428. The zero-order chi connectivity index (χ0) is 18.2. The molecule has 2 aliphatic rings. The lowest BCUT2D eigenvalue weighted by Crippen LogP contribution is -2.22. The lowest BCUT2D eigenvalue weighted by Gasteiger charge is -2.30. The van der Waals surface area contributed by atoms with E-state index in [1.54, 1.807) is 0 Å². The van der Waals surface area contributed by atoms with Gasteiger partial charge in [0.25, 0.3) is 0 Å². The smallest absolute Gasteiger partial charge is 0.0511 e. The molecule has 1 fully saturated rings. The van der Waals surface area contributed by atoms with Crippen molar-refractivity contribution in [1.82, 2.24) is 0 Å². The Kier molecular flexibility index (Phi) is 4.63. The van der Waals surface area contributed by atoms with Crippen LogP contribution in [0.15, 0.2) is 71.6 Å². The Bertz CT molecular complexity index is 980. The summed E-state index contributed by atoms with van der Waals surface area (Å²) in [6.07, 6.45) is 5.07. The summed E-state index contributed by atoms with van der Waals surface area (Å²) in [6.45, 7) is 1.09. The molecule has 0 N–H and O–H groups in total. The van der Waals surface area contributed by atoms with Crippen molar-refractivity contribution in [3.05, 3.63) is 82.9 Å². The van der Waals surface area contributed by atoms with E-state index in [-0.39, 0.29) is 0 Å². The van der Waals surface area contributed by atoms with Crippen LogP contribution in [0.25, 0.3) is 11.1 Å². The second kappa shape index (κ2) is 7.26. The Balaban J connectivity index is 1.46. The molecular formula is C24H22ClNS. The summed E-state index contributed by atoms with van der Waals surface area (Å²) in [5, 5.41) is 0.786. The maximum atomic E-state index is 6.20. The average molecular weight is 392 g/mol. The lowest BCUT2D eigenvalue weighted by atomic mass is 9.98. The highest BCUT2D eigenvalue weighted by Crippen LogP contribution is 2.43. The molecule has 1 aliphatic heterocycles. The molecule has 0 unspecified atom stereocenters. The Hall–Kier alpha value is -1.90. The highest BCUT2D eigenvalue weighted by atomic mass is 35.5. The van der Waals surface area contributed by atoms with Crippen LogP contribution in [0.3, 0.4) is 0 Å². The summed E-state index contributed by atoms with van der Waals surface area (Å²) >= 11 is 8.09. The summed E-state index contributed by atoms with van der Waals surface area (Å²) in [4.78, 5) is 1.35. The minimum Gasteiger partial charge on any atom is -0.312 e. The first-order valence-corrected chi connectivity index (χ1v) is 10.9. The van der Waals surface area contributed by atoms with Gasteiger partial charge in [-0.3, -0.25) is 0 Å². The fourth-order valence-electron chi connectivity index (χ4n) is 3.85. The summed E-state index contributed by atoms with van der Waals surface area (Å²) in [7, 11) is 0. The molecule has 0 amide bonds. The van der Waals surface area contributed by atoms with Crippen molar-refractivity contribution in [2.75, 3.05) is 10.8 Å². The third kappa shape index (κ3) is 3.74. The van der Waals surface area contributed by atoms with Gasteiger partial charge in [0.2, 0.25) is 0 Å². The number of nitrogens with zero attached hydrogens (tertiary/aromatic N) is 1. The largest absolute Gasteiger partial charge is 0.312 e. The van der Waals surface area contributed by atoms with Gasteiger partial charge in [-0.15, -0.1) is 0 Å². The second-order valence-corrected chi connectivity index (χ2v) is 9.03. The summed E-state index contributed by atoms with van der Waals surface area (Å²) in [6, 6.07) is 24.1. The van der Waals surface area contributed by atoms with Gasteiger partial charge >= 0.3 is 0 Å². The normalized spacial score (nSPS) is 16.3. The molecule has 0 saturated heterocycles. The van der Waals surface area contributed by atoms with Crippen LogP contribution >= 0.6 is 23.5 Å². The second-order valence-electron chi connectivity index (χ2n) is 7.50. The van der Waals surface area contributed by atoms with Crippen molar-refractivity contribution in [2.45, 2.75) is 36.5 Å². The molecule has 0 atom stereocenters. The van der Waals surface area contributed by atoms with Crippen LogP contribution in [0.1, 0.15) is 36.3 Å². The fraction of sp³-hybridized carbons (Fsp3) is 0.250. The molecule has 0 bridgehead atoms. The molecule has 0 spiro atoms. The van der Waals surface area contributed by atoms with E-state index in [2.05, 4.69) is 52.8 Å². The molecule has 0 aromatic heterocycles. The third-order valence-electron chi connectivity index (χ3n) is 5.44. The highest BCUT2D eigenvalue weighted by molar-refractivity contribution is 8.00. The van der Waals surface area contributed by atoms with Crippen molar-refractivity contribution in [3.8, 4) is 11.1 Å². The van der Waals surface area contributed by atoms with Gasteiger partial charge in [-0.25, -0.2) is 0 Å². The Morgan fingerprint density at radius 2 is 1.74 bits per heavy atom. The van der Waals surface area contributed by atoms with Crippen LogP contribution in [0.5, 0.6) is 0 Å².